The summed E-state index contributed by atoms with van der Waals surface area (Å²) in [7, 11) is -4.06. The lowest BCUT2D eigenvalue weighted by molar-refractivity contribution is -0.162. The Labute approximate surface area is 364 Å². The largest absolute Gasteiger partial charge is 0.462 e. The molecule has 7 nitrogen and oxygen atoms in total. The monoisotopic (exact) mass is 848 g/mol. The van der Waals surface area contributed by atoms with Crippen LogP contribution in [0.1, 0.15) is 246 Å². The molecule has 0 aromatic carbocycles. The second-order valence-corrected chi connectivity index (χ2v) is 22.7. The number of unbranched alkanes of at least 4 members (excludes halogenated alkanes) is 21. The predicted octanol–water partition coefficient (Wildman–Crippen LogP) is 14.0. The number of hydrogen-bond donors (Lipinski definition) is 2. The van der Waals surface area contributed by atoms with Crippen molar-refractivity contribution in [3.63, 3.8) is 0 Å². The molecule has 0 heterocycles. The molecule has 59 heavy (non-hydrogen) atoms. The van der Waals surface area contributed by atoms with Gasteiger partial charge in [-0.15, -0.1) is 0 Å². The van der Waals surface area contributed by atoms with E-state index in [9.17, 15) is 18.0 Å². The quantitative estimate of drug-likeness (QED) is 0.0408. The molecule has 9 unspecified atom stereocenters. The van der Waals surface area contributed by atoms with Crippen molar-refractivity contribution in [3.8, 4) is 0 Å². The lowest BCUT2D eigenvalue weighted by Crippen LogP contribution is -2.54. The lowest BCUT2D eigenvalue weighted by atomic mass is 9.44. The minimum Gasteiger partial charge on any atom is -0.462 e. The summed E-state index contributed by atoms with van der Waals surface area (Å²) < 4.78 is 37.1. The number of fused-ring (bicyclic) bond motifs is 5. The van der Waals surface area contributed by atoms with Gasteiger partial charge in [-0.3, -0.25) is 14.1 Å². The second-order valence-electron chi connectivity index (χ2n) is 21.1. The molecule has 344 valence electrons. The van der Waals surface area contributed by atoms with Crippen LogP contribution in [0, 0.1) is 46.3 Å². The molecule has 4 aliphatic carbocycles. The van der Waals surface area contributed by atoms with Gasteiger partial charge in [0.25, 0.3) is 10.1 Å². The zero-order chi connectivity index (χ0) is 42.6. The Kier molecular flexibility index (Phi) is 22.7. The Balaban J connectivity index is 1.00. The lowest BCUT2D eigenvalue weighted by Gasteiger charge is -2.61. The summed E-state index contributed by atoms with van der Waals surface area (Å²) in [6, 6.07) is 0. The van der Waals surface area contributed by atoms with Crippen molar-refractivity contribution in [2.75, 3.05) is 12.3 Å². The van der Waals surface area contributed by atoms with Gasteiger partial charge in [0, 0.05) is 19.4 Å². The van der Waals surface area contributed by atoms with Crippen LogP contribution >= 0.6 is 0 Å². The molecule has 4 fully saturated rings. The van der Waals surface area contributed by atoms with E-state index in [0.717, 1.165) is 49.9 Å². The number of ether oxygens (including phenoxy) is 1. The molecule has 4 saturated carbocycles. The molecular weight excluding hydrogens is 755 g/mol. The molecule has 0 radical (unpaired) electrons. The summed E-state index contributed by atoms with van der Waals surface area (Å²) in [5, 5.41) is 2.66. The number of carbonyl (C=O) groups excluding carboxylic acids is 2. The van der Waals surface area contributed by atoms with Crippen molar-refractivity contribution in [1.29, 1.82) is 0 Å². The van der Waals surface area contributed by atoms with Crippen LogP contribution in [0.5, 0.6) is 0 Å². The van der Waals surface area contributed by atoms with E-state index in [2.05, 4.69) is 33.0 Å². The smallest absolute Gasteiger partial charge is 0.306 e. The van der Waals surface area contributed by atoms with Crippen molar-refractivity contribution in [2.24, 2.45) is 46.3 Å². The van der Waals surface area contributed by atoms with Gasteiger partial charge in [0.05, 0.1) is 5.75 Å². The number of hydrogen-bond acceptors (Lipinski definition) is 5. The van der Waals surface area contributed by atoms with E-state index in [4.69, 9.17) is 9.29 Å². The van der Waals surface area contributed by atoms with E-state index in [1.165, 1.54) is 173 Å². The van der Waals surface area contributed by atoms with Gasteiger partial charge in [-0.05, 0) is 117 Å². The molecule has 0 saturated heterocycles. The minimum absolute atomic E-state index is 0.0376. The molecule has 2 N–H and O–H groups in total. The maximum atomic E-state index is 12.9. The van der Waals surface area contributed by atoms with Crippen molar-refractivity contribution in [1.82, 2.24) is 5.32 Å². The number of rotatable bonds is 31. The third kappa shape index (κ3) is 16.8. The maximum Gasteiger partial charge on any atom is 0.306 e. The molecule has 0 spiro atoms. The molecule has 0 aromatic heterocycles. The first-order valence-electron chi connectivity index (χ1n) is 25.8. The first kappa shape index (κ1) is 50.5. The van der Waals surface area contributed by atoms with E-state index in [1.807, 2.05) is 0 Å². The van der Waals surface area contributed by atoms with Crippen molar-refractivity contribution < 1.29 is 27.3 Å². The van der Waals surface area contributed by atoms with Crippen molar-refractivity contribution >= 4 is 22.0 Å². The van der Waals surface area contributed by atoms with E-state index in [1.54, 1.807) is 0 Å². The van der Waals surface area contributed by atoms with Gasteiger partial charge in [0.15, 0.2) is 0 Å². The zero-order valence-electron chi connectivity index (χ0n) is 38.9. The number of amides is 1. The third-order valence-electron chi connectivity index (χ3n) is 16.9. The van der Waals surface area contributed by atoms with Gasteiger partial charge in [0.2, 0.25) is 5.91 Å². The molecular formula is C51H93NO6S. The molecule has 4 aliphatic rings. The molecule has 1 amide bonds. The molecule has 4 rings (SSSR count). The molecule has 8 heteroatoms. The first-order chi connectivity index (χ1) is 28.4. The standard InChI is InChI=1S/C51H93NO6S/c1-5-6-7-8-9-10-11-12-13-14-15-16-17-18-19-20-21-22-23-24-25-26-27-49(54)58-43-34-36-50(3)42(40-43)29-30-44-46-32-31-45(51(46,4)37-35-47(44)50)41(2)28-33-48(53)52-38-39-59(55,56)57/h41-47H,5-40H2,1-4H3,(H,52,53)(H,55,56,57). The average molecular weight is 848 g/mol. The van der Waals surface area contributed by atoms with Crippen LogP contribution in [-0.4, -0.2) is 43.2 Å². The average Bonchev–Trinajstić information content (AvgIpc) is 3.56. The van der Waals surface area contributed by atoms with E-state index in [-0.39, 0.29) is 24.5 Å². The highest BCUT2D eigenvalue weighted by molar-refractivity contribution is 7.85. The van der Waals surface area contributed by atoms with Gasteiger partial charge >= 0.3 is 5.97 Å². The Morgan fingerprint density at radius 2 is 1.17 bits per heavy atom. The fourth-order valence-electron chi connectivity index (χ4n) is 13.4. The Morgan fingerprint density at radius 3 is 1.71 bits per heavy atom. The van der Waals surface area contributed by atoms with E-state index in [0.29, 0.717) is 41.4 Å². The molecule has 9 atom stereocenters. The molecule has 0 aliphatic heterocycles. The van der Waals surface area contributed by atoms with Crippen LogP contribution < -0.4 is 5.32 Å². The van der Waals surface area contributed by atoms with Gasteiger partial charge < -0.3 is 10.1 Å². The Morgan fingerprint density at radius 1 is 0.661 bits per heavy atom. The fraction of sp³-hybridized carbons (Fsp3) is 0.961. The summed E-state index contributed by atoms with van der Waals surface area (Å²) in [5.74, 6) is 3.50. The van der Waals surface area contributed by atoms with Gasteiger partial charge in [-0.2, -0.15) is 8.42 Å². The maximum absolute atomic E-state index is 12.9. The van der Waals surface area contributed by atoms with Gasteiger partial charge in [-0.25, -0.2) is 0 Å². The fourth-order valence-corrected chi connectivity index (χ4v) is 13.8. The molecule has 0 aromatic rings. The SMILES string of the molecule is CCCCCCCCCCCCCCCCCCCCCCCCC(=O)OC1CCC2(C)C(CCC3C2CCC2(C)C(C(C)CCC(=O)NCCS(=O)(=O)O)CCC32)C1. The summed E-state index contributed by atoms with van der Waals surface area (Å²) in [5.41, 5.74) is 0.673. The Bertz CT molecular complexity index is 1300. The third-order valence-corrected chi connectivity index (χ3v) is 17.6. The highest BCUT2D eigenvalue weighted by Gasteiger charge is 2.60. The Hall–Kier alpha value is -1.15. The van der Waals surface area contributed by atoms with Gasteiger partial charge in [0.1, 0.15) is 6.10 Å². The minimum atomic E-state index is -4.06. The van der Waals surface area contributed by atoms with Crippen LogP contribution in [0.4, 0.5) is 0 Å². The van der Waals surface area contributed by atoms with Crippen LogP contribution in [0.15, 0.2) is 0 Å². The van der Waals surface area contributed by atoms with E-state index < -0.39 is 15.9 Å². The number of carbonyl (C=O) groups is 2. The van der Waals surface area contributed by atoms with Crippen LogP contribution in [0.25, 0.3) is 0 Å². The highest BCUT2D eigenvalue weighted by Crippen LogP contribution is 2.68. The normalized spacial score (nSPS) is 29.6. The van der Waals surface area contributed by atoms with Crippen LogP contribution in [-0.2, 0) is 24.4 Å². The summed E-state index contributed by atoms with van der Waals surface area (Å²) in [6.07, 6.45) is 43.2. The predicted molar refractivity (Wildman–Crippen MR) is 245 cm³/mol. The van der Waals surface area contributed by atoms with E-state index >= 15 is 0 Å². The van der Waals surface area contributed by atoms with Crippen LogP contribution in [0.2, 0.25) is 0 Å². The first-order valence-corrected chi connectivity index (χ1v) is 27.4. The number of nitrogens with one attached hydrogen (secondary N) is 1. The van der Waals surface area contributed by atoms with Crippen molar-refractivity contribution in [2.45, 2.75) is 252 Å². The summed E-state index contributed by atoms with van der Waals surface area (Å²) >= 11 is 0. The molecule has 0 bridgehead atoms. The summed E-state index contributed by atoms with van der Waals surface area (Å²) in [4.78, 5) is 25.3. The topological polar surface area (TPSA) is 110 Å². The van der Waals surface area contributed by atoms with Crippen LogP contribution in [0.3, 0.4) is 0 Å². The van der Waals surface area contributed by atoms with Crippen molar-refractivity contribution in [3.05, 3.63) is 0 Å². The zero-order valence-corrected chi connectivity index (χ0v) is 39.7. The second kappa shape index (κ2) is 26.5. The number of esters is 1. The summed E-state index contributed by atoms with van der Waals surface area (Å²) in [6.45, 7) is 9.72. The van der Waals surface area contributed by atoms with Gasteiger partial charge in [-0.1, -0.05) is 163 Å². The highest BCUT2D eigenvalue weighted by atomic mass is 32.2.